The molecule has 0 bridgehead atoms. The molecule has 2 saturated heterocycles. The summed E-state index contributed by atoms with van der Waals surface area (Å²) in [6.45, 7) is 19.2. The van der Waals surface area contributed by atoms with Crippen molar-refractivity contribution in [2.24, 2.45) is 11.8 Å². The zero-order valence-electron chi connectivity index (χ0n) is 45.7. The monoisotopic (exact) mass is 1030 g/mol. The van der Waals surface area contributed by atoms with E-state index in [9.17, 15) is 33.6 Å². The van der Waals surface area contributed by atoms with Crippen LogP contribution in [0, 0.1) is 11.8 Å². The van der Waals surface area contributed by atoms with E-state index in [-0.39, 0.29) is 84.4 Å². The predicted octanol–water partition coefficient (Wildman–Crippen LogP) is 3.53. The van der Waals surface area contributed by atoms with E-state index in [1.165, 1.54) is 28.0 Å². The largest absolute Gasteiger partial charge is 0.399 e. The Hall–Kier alpha value is -6.83. The molecule has 0 unspecified atom stereocenters. The number of benzene rings is 3. The molecule has 7 amide bonds. The van der Waals surface area contributed by atoms with Gasteiger partial charge in [-0.2, -0.15) is 0 Å². The molecule has 2 fully saturated rings. The molecule has 19 heteroatoms. The second-order valence-electron chi connectivity index (χ2n) is 20.4. The van der Waals surface area contributed by atoms with Crippen molar-refractivity contribution >= 4 is 47.0 Å². The molecule has 0 aromatic heterocycles. The molecular weight excluding hydrogens is 953 g/mol. The highest BCUT2D eigenvalue weighted by Crippen LogP contribution is 2.27. The summed E-state index contributed by atoms with van der Waals surface area (Å²) >= 11 is 0. The second kappa shape index (κ2) is 27.1. The first-order chi connectivity index (χ1) is 35.6. The van der Waals surface area contributed by atoms with Gasteiger partial charge in [-0.1, -0.05) is 108 Å². The van der Waals surface area contributed by atoms with Crippen LogP contribution >= 0.6 is 0 Å². The smallest absolute Gasteiger partial charge is 0.251 e. The number of rotatable bonds is 24. The number of hydrazine groups is 1. The van der Waals surface area contributed by atoms with E-state index in [2.05, 4.69) is 49.2 Å². The third kappa shape index (κ3) is 15.2. The van der Waals surface area contributed by atoms with Gasteiger partial charge in [-0.05, 0) is 95.8 Å². The van der Waals surface area contributed by atoms with E-state index in [4.69, 9.17) is 5.73 Å². The first kappa shape index (κ1) is 59.1. The van der Waals surface area contributed by atoms with Crippen molar-refractivity contribution < 1.29 is 33.6 Å². The van der Waals surface area contributed by atoms with Crippen LogP contribution in [0.25, 0.3) is 0 Å². The Balaban J connectivity index is 1.37. The van der Waals surface area contributed by atoms with Gasteiger partial charge in [0.1, 0.15) is 24.2 Å². The zero-order valence-corrected chi connectivity index (χ0v) is 45.7. The van der Waals surface area contributed by atoms with Crippen LogP contribution in [0.1, 0.15) is 125 Å². The molecule has 19 nitrogen and oxygen atoms in total. The second-order valence-corrected chi connectivity index (χ2v) is 20.4. The molecule has 10 N–H and O–H groups in total. The summed E-state index contributed by atoms with van der Waals surface area (Å²) < 4.78 is 0. The van der Waals surface area contributed by atoms with Crippen LogP contribution in [0.3, 0.4) is 0 Å². The van der Waals surface area contributed by atoms with Crippen molar-refractivity contribution in [2.45, 2.75) is 141 Å². The Bertz CT molecular complexity index is 2480. The van der Waals surface area contributed by atoms with E-state index < -0.39 is 72.0 Å². The van der Waals surface area contributed by atoms with Gasteiger partial charge >= 0.3 is 0 Å². The number of carbonyl (C=O) groups excluding carboxylic acids is 7. The highest BCUT2D eigenvalue weighted by molar-refractivity contribution is 6.02. The SMILES string of the molecule is C=C(N[C@H](C(=O)N1C[C@@H](NC(=O)c2cc(N)cc(C(=O)N[C@H]3C[C@@H](C(=O)N[C@H](C)c4ccccc4)N(C(=O)[C@@H](NC(=O)[C@H](C)N(C)NC)[C@@H](C)CC)C3)c2)C[C@H]1C(=O)N[C@H](C)c1ccccc1)[C@@H](C)CC)[C@H](C)NC. The number of hydrogen-bond acceptors (Lipinski definition) is 12. The molecule has 5 rings (SSSR count). The van der Waals surface area contributed by atoms with E-state index >= 15 is 0 Å². The summed E-state index contributed by atoms with van der Waals surface area (Å²) in [6, 6.07) is 16.6. The number of hydrogen-bond donors (Lipinski definition) is 9. The van der Waals surface area contributed by atoms with Crippen LogP contribution in [0.4, 0.5) is 5.69 Å². The lowest BCUT2D eigenvalue weighted by Crippen LogP contribution is -2.58. The standard InChI is InChI=1S/C56H82N12O7/c1-13-32(3)48(60-35(6)34(5)58-10)55(74)67-30-44(28-46(67)53(72)61-36(7)39-21-17-15-18-22-39)63-51(70)41-25-42(27-43(57)26-41)52(71)64-45-29-47(54(73)62-37(8)40-23-19-16-20-24-40)68(31-45)56(75)49(33(4)14-2)65-50(69)38(9)66(12)59-11/h15-27,32-34,36-38,44-49,58-60H,6,13-14,28-31,57H2,1-5,7-12H3,(H,61,72)(H,62,73)(H,63,70)(H,64,71)(H,65,69)/t32-,33-,34-,36+,37+,38-,44-,45-,46-,47-,48-,49-/m0/s1. The van der Waals surface area contributed by atoms with Crippen molar-refractivity contribution in [1.82, 2.24) is 57.5 Å². The lowest BCUT2D eigenvalue weighted by atomic mass is 9.96. The van der Waals surface area contributed by atoms with Crippen LogP contribution in [-0.2, 0) is 24.0 Å². The Morgan fingerprint density at radius 2 is 1.05 bits per heavy atom. The molecule has 0 spiro atoms. The highest BCUT2D eigenvalue weighted by atomic mass is 16.2. The lowest BCUT2D eigenvalue weighted by molar-refractivity contribution is -0.143. The van der Waals surface area contributed by atoms with Crippen LogP contribution in [-0.4, -0.2) is 139 Å². The van der Waals surface area contributed by atoms with Crippen molar-refractivity contribution in [3.8, 4) is 0 Å². The number of nitrogens with zero attached hydrogens (tertiary/aromatic N) is 3. The number of likely N-dealkylation sites (tertiary alicyclic amines) is 2. The molecule has 0 radical (unpaired) electrons. The third-order valence-corrected chi connectivity index (χ3v) is 15.1. The van der Waals surface area contributed by atoms with E-state index in [0.29, 0.717) is 18.5 Å². The number of carbonyl (C=O) groups is 7. The lowest BCUT2D eigenvalue weighted by Gasteiger charge is -2.33. The summed E-state index contributed by atoms with van der Waals surface area (Å²) in [4.78, 5) is 103. The predicted molar refractivity (Wildman–Crippen MR) is 291 cm³/mol. The first-order valence-corrected chi connectivity index (χ1v) is 26.3. The molecule has 3 aromatic carbocycles. The van der Waals surface area contributed by atoms with Crippen molar-refractivity contribution in [1.29, 1.82) is 0 Å². The van der Waals surface area contributed by atoms with Gasteiger partial charge in [-0.3, -0.25) is 39.0 Å². The fourth-order valence-electron chi connectivity index (χ4n) is 9.45. The fraction of sp³-hybridized carbons (Fsp3) is 0.518. The average Bonchev–Trinajstić information content (AvgIpc) is 4.05. The maximum atomic E-state index is 14.7. The van der Waals surface area contributed by atoms with Crippen LogP contribution in [0.2, 0.25) is 0 Å². The molecule has 3 aromatic rings. The van der Waals surface area contributed by atoms with Gasteiger partial charge in [0.2, 0.25) is 29.5 Å². The minimum absolute atomic E-state index is 0.0318. The van der Waals surface area contributed by atoms with E-state index in [1.807, 2.05) is 109 Å². The Morgan fingerprint density at radius 3 is 1.44 bits per heavy atom. The van der Waals surface area contributed by atoms with Gasteiger partial charge in [0, 0.05) is 60.8 Å². The number of amides is 7. The number of nitrogens with two attached hydrogens (primary N) is 1. The van der Waals surface area contributed by atoms with Crippen molar-refractivity contribution in [3.63, 3.8) is 0 Å². The third-order valence-electron chi connectivity index (χ3n) is 15.1. The fourth-order valence-corrected chi connectivity index (χ4v) is 9.45. The summed E-state index contributed by atoms with van der Waals surface area (Å²) in [6.07, 6.45) is 1.40. The van der Waals surface area contributed by atoms with Gasteiger partial charge in [-0.25, -0.2) is 5.01 Å². The van der Waals surface area contributed by atoms with Gasteiger partial charge in [-0.15, -0.1) is 0 Å². The molecule has 12 atom stereocenters. The Kier molecular flexibility index (Phi) is 21.3. The molecular formula is C56H82N12O7. The first-order valence-electron chi connectivity index (χ1n) is 26.3. The normalized spacial score (nSPS) is 20.6. The van der Waals surface area contributed by atoms with Crippen LogP contribution in [0.15, 0.2) is 91.1 Å². The molecule has 75 heavy (non-hydrogen) atoms. The van der Waals surface area contributed by atoms with Crippen molar-refractivity contribution in [2.75, 3.05) is 40.0 Å². The summed E-state index contributed by atoms with van der Waals surface area (Å²) in [5, 5.41) is 23.2. The highest BCUT2D eigenvalue weighted by Gasteiger charge is 2.46. The Labute approximate surface area is 443 Å². The van der Waals surface area contributed by atoms with E-state index in [1.54, 1.807) is 33.1 Å². The number of nitrogen functional groups attached to an aromatic ring is 1. The van der Waals surface area contributed by atoms with Crippen molar-refractivity contribution in [3.05, 3.63) is 113 Å². The van der Waals surface area contributed by atoms with Gasteiger partial charge < -0.3 is 52.8 Å². The van der Waals surface area contributed by atoms with Gasteiger partial charge in [0.15, 0.2) is 0 Å². The molecule has 2 heterocycles. The summed E-state index contributed by atoms with van der Waals surface area (Å²) in [7, 11) is 5.21. The quantitative estimate of drug-likeness (QED) is 0.0462. The maximum Gasteiger partial charge on any atom is 0.251 e. The average molecular weight is 1040 g/mol. The number of anilines is 1. The molecule has 0 saturated carbocycles. The van der Waals surface area contributed by atoms with Gasteiger partial charge in [0.05, 0.1) is 18.1 Å². The van der Waals surface area contributed by atoms with E-state index in [0.717, 1.165) is 11.1 Å². The molecule has 408 valence electrons. The molecule has 2 aliphatic rings. The number of nitrogens with one attached hydrogen (secondary N) is 8. The summed E-state index contributed by atoms with van der Waals surface area (Å²) in [5.74, 6) is -3.53. The minimum atomic E-state index is -1.01. The topological polar surface area (TPSA) is 251 Å². The molecule has 0 aliphatic carbocycles. The van der Waals surface area contributed by atoms with Gasteiger partial charge in [0.25, 0.3) is 11.8 Å². The molecule has 2 aliphatic heterocycles. The van der Waals surface area contributed by atoms with Crippen LogP contribution < -0.4 is 48.4 Å². The Morgan fingerprint density at radius 1 is 0.640 bits per heavy atom. The minimum Gasteiger partial charge on any atom is -0.399 e. The van der Waals surface area contributed by atoms with Crippen LogP contribution in [0.5, 0.6) is 0 Å². The maximum absolute atomic E-state index is 14.7. The summed E-state index contributed by atoms with van der Waals surface area (Å²) in [5.41, 5.74) is 11.9. The number of likely N-dealkylation sites (N-methyl/N-ethyl adjacent to an activating group) is 2. The zero-order chi connectivity index (χ0) is 55.3.